The molecular formula is C21H29N5O4. The molecule has 0 unspecified atom stereocenters. The van der Waals surface area contributed by atoms with Gasteiger partial charge in [-0.15, -0.1) is 0 Å². The second-order valence-corrected chi connectivity index (χ2v) is 7.24. The van der Waals surface area contributed by atoms with E-state index in [2.05, 4.69) is 20.7 Å². The first-order valence-electron chi connectivity index (χ1n) is 10.1. The van der Waals surface area contributed by atoms with E-state index in [1.165, 1.54) is 0 Å². The van der Waals surface area contributed by atoms with Crippen molar-refractivity contribution in [1.29, 1.82) is 0 Å². The van der Waals surface area contributed by atoms with Gasteiger partial charge < -0.3 is 24.8 Å². The molecule has 0 spiro atoms. The van der Waals surface area contributed by atoms with Crippen LogP contribution in [0.1, 0.15) is 21.8 Å². The van der Waals surface area contributed by atoms with E-state index in [0.29, 0.717) is 37.6 Å². The number of rotatable bonds is 8. The number of hydrogen-bond acceptors (Lipinski definition) is 6. The fraction of sp³-hybridized carbons (Fsp3) is 0.476. The topological polar surface area (TPSA) is 99.9 Å². The van der Waals surface area contributed by atoms with Crippen LogP contribution in [-0.2, 0) is 6.42 Å². The largest absolute Gasteiger partial charge is 0.497 e. The molecule has 0 radical (unpaired) electrons. The molecule has 3 rings (SSSR count). The highest BCUT2D eigenvalue weighted by molar-refractivity contribution is 5.92. The summed E-state index contributed by atoms with van der Waals surface area (Å²) in [6.07, 6.45) is 0.762. The van der Waals surface area contributed by atoms with Crippen molar-refractivity contribution >= 4 is 11.9 Å². The summed E-state index contributed by atoms with van der Waals surface area (Å²) < 4.78 is 10.1. The maximum Gasteiger partial charge on any atom is 0.314 e. The quantitative estimate of drug-likeness (QED) is 0.674. The van der Waals surface area contributed by atoms with E-state index in [4.69, 9.17) is 9.26 Å². The van der Waals surface area contributed by atoms with Gasteiger partial charge in [-0.25, -0.2) is 4.79 Å². The predicted molar refractivity (Wildman–Crippen MR) is 112 cm³/mol. The van der Waals surface area contributed by atoms with E-state index in [9.17, 15) is 9.59 Å². The normalized spacial score (nSPS) is 14.4. The summed E-state index contributed by atoms with van der Waals surface area (Å²) in [4.78, 5) is 28.3. The van der Waals surface area contributed by atoms with Gasteiger partial charge in [0.2, 0.25) is 0 Å². The van der Waals surface area contributed by atoms with Gasteiger partial charge in [-0.05, 0) is 31.0 Å². The number of carbonyl (C=O) groups is 2. The number of methoxy groups -OCH3 is 1. The summed E-state index contributed by atoms with van der Waals surface area (Å²) in [6, 6.07) is 9.30. The van der Waals surface area contributed by atoms with Crippen LogP contribution >= 0.6 is 0 Å². The van der Waals surface area contributed by atoms with Crippen LogP contribution in [0, 0.1) is 6.92 Å². The van der Waals surface area contributed by atoms with Crippen LogP contribution in [0.15, 0.2) is 34.9 Å². The first kappa shape index (κ1) is 21.6. The molecule has 1 aromatic carbocycles. The molecule has 9 heteroatoms. The third-order valence-electron chi connectivity index (χ3n) is 5.08. The highest BCUT2D eigenvalue weighted by atomic mass is 16.5. The second-order valence-electron chi connectivity index (χ2n) is 7.24. The lowest BCUT2D eigenvalue weighted by molar-refractivity contribution is 0.0629. The molecule has 1 aliphatic heterocycles. The number of hydrogen-bond donors (Lipinski definition) is 2. The van der Waals surface area contributed by atoms with Crippen molar-refractivity contribution in [3.05, 3.63) is 47.3 Å². The van der Waals surface area contributed by atoms with Gasteiger partial charge in [0.15, 0.2) is 5.69 Å². The van der Waals surface area contributed by atoms with E-state index in [1.54, 1.807) is 25.0 Å². The molecule has 9 nitrogen and oxygen atoms in total. The number of benzene rings is 1. The molecule has 3 amide bonds. The minimum atomic E-state index is -0.168. The van der Waals surface area contributed by atoms with Crippen LogP contribution in [0.4, 0.5) is 4.79 Å². The van der Waals surface area contributed by atoms with Gasteiger partial charge >= 0.3 is 6.03 Å². The molecule has 0 atom stereocenters. The molecule has 0 aliphatic carbocycles. The predicted octanol–water partition coefficient (Wildman–Crippen LogP) is 1.29. The van der Waals surface area contributed by atoms with Crippen LogP contribution in [-0.4, -0.2) is 79.8 Å². The molecule has 2 N–H and O–H groups in total. The Morgan fingerprint density at radius 1 is 1.10 bits per heavy atom. The molecule has 2 aromatic rings. The van der Waals surface area contributed by atoms with Crippen LogP contribution in [0.2, 0.25) is 0 Å². The van der Waals surface area contributed by atoms with E-state index in [-0.39, 0.29) is 11.9 Å². The van der Waals surface area contributed by atoms with Crippen molar-refractivity contribution < 1.29 is 18.8 Å². The Balaban J connectivity index is 1.27. The van der Waals surface area contributed by atoms with Crippen molar-refractivity contribution in [1.82, 2.24) is 25.6 Å². The standard InChI is InChI=1S/C21H29N5O4/c1-16-15-19(24-30-16)20(27)26-13-11-25(12-14-26)10-9-23-21(28)22-8-7-17-3-5-18(29-2)6-4-17/h3-6,15H,7-14H2,1-2H3,(H2,22,23,28). The first-order valence-corrected chi connectivity index (χ1v) is 10.1. The van der Waals surface area contributed by atoms with Crippen molar-refractivity contribution in [2.24, 2.45) is 0 Å². The molecule has 0 saturated carbocycles. The Labute approximate surface area is 176 Å². The lowest BCUT2D eigenvalue weighted by Gasteiger charge is -2.34. The summed E-state index contributed by atoms with van der Waals surface area (Å²) in [5.74, 6) is 1.36. The minimum Gasteiger partial charge on any atom is -0.497 e. The second kappa shape index (κ2) is 10.6. The molecule has 2 heterocycles. The maximum atomic E-state index is 12.4. The Morgan fingerprint density at radius 3 is 2.43 bits per heavy atom. The number of amides is 3. The van der Waals surface area contributed by atoms with Crippen LogP contribution in [0.5, 0.6) is 5.75 Å². The summed E-state index contributed by atoms with van der Waals surface area (Å²) in [5.41, 5.74) is 1.50. The van der Waals surface area contributed by atoms with Gasteiger partial charge in [-0.3, -0.25) is 9.69 Å². The zero-order valence-corrected chi connectivity index (χ0v) is 17.5. The maximum absolute atomic E-state index is 12.4. The van der Waals surface area contributed by atoms with Crippen LogP contribution in [0.25, 0.3) is 0 Å². The average Bonchev–Trinajstić information content (AvgIpc) is 3.20. The number of aromatic nitrogens is 1. The zero-order chi connectivity index (χ0) is 21.3. The highest BCUT2D eigenvalue weighted by Gasteiger charge is 2.24. The van der Waals surface area contributed by atoms with Crippen molar-refractivity contribution in [3.8, 4) is 5.75 Å². The van der Waals surface area contributed by atoms with Crippen molar-refractivity contribution in [2.45, 2.75) is 13.3 Å². The monoisotopic (exact) mass is 415 g/mol. The van der Waals surface area contributed by atoms with Gasteiger partial charge in [0.25, 0.3) is 5.91 Å². The molecular weight excluding hydrogens is 386 g/mol. The Kier molecular flexibility index (Phi) is 7.67. The lowest BCUT2D eigenvalue weighted by atomic mass is 10.1. The summed E-state index contributed by atoms with van der Waals surface area (Å²) in [7, 11) is 1.64. The molecule has 162 valence electrons. The van der Waals surface area contributed by atoms with Crippen molar-refractivity contribution in [2.75, 3.05) is 52.9 Å². The molecule has 30 heavy (non-hydrogen) atoms. The number of piperazine rings is 1. The number of nitrogens with zero attached hydrogens (tertiary/aromatic N) is 3. The van der Waals surface area contributed by atoms with Crippen LogP contribution in [0.3, 0.4) is 0 Å². The summed E-state index contributed by atoms with van der Waals surface area (Å²) >= 11 is 0. The smallest absolute Gasteiger partial charge is 0.314 e. The molecule has 1 saturated heterocycles. The fourth-order valence-electron chi connectivity index (χ4n) is 3.31. The van der Waals surface area contributed by atoms with Crippen LogP contribution < -0.4 is 15.4 Å². The van der Waals surface area contributed by atoms with Gasteiger partial charge in [-0.1, -0.05) is 17.3 Å². The van der Waals surface area contributed by atoms with E-state index >= 15 is 0 Å². The number of carbonyl (C=O) groups excluding carboxylic acids is 2. The lowest BCUT2D eigenvalue weighted by Crippen LogP contribution is -2.50. The Hall–Kier alpha value is -3.07. The number of aryl methyl sites for hydroxylation is 1. The van der Waals surface area contributed by atoms with E-state index in [1.807, 2.05) is 24.3 Å². The number of ether oxygens (including phenoxy) is 1. The summed E-state index contributed by atoms with van der Waals surface area (Å²) in [6.45, 7) is 6.45. The third-order valence-corrected chi connectivity index (χ3v) is 5.08. The zero-order valence-electron chi connectivity index (χ0n) is 17.5. The first-order chi connectivity index (χ1) is 14.5. The SMILES string of the molecule is COc1ccc(CCNC(=O)NCCN2CCN(C(=O)c3cc(C)on3)CC2)cc1. The minimum absolute atomic E-state index is 0.0964. The van der Waals surface area contributed by atoms with Gasteiger partial charge in [0.05, 0.1) is 7.11 Å². The summed E-state index contributed by atoms with van der Waals surface area (Å²) in [5, 5.41) is 9.54. The Morgan fingerprint density at radius 2 is 1.80 bits per heavy atom. The van der Waals surface area contributed by atoms with Crippen molar-refractivity contribution in [3.63, 3.8) is 0 Å². The molecule has 1 aromatic heterocycles. The average molecular weight is 415 g/mol. The number of nitrogens with one attached hydrogen (secondary N) is 2. The molecule has 0 bridgehead atoms. The number of urea groups is 1. The molecule has 1 fully saturated rings. The van der Waals surface area contributed by atoms with Gasteiger partial charge in [0, 0.05) is 51.9 Å². The molecule has 1 aliphatic rings. The highest BCUT2D eigenvalue weighted by Crippen LogP contribution is 2.11. The van der Waals surface area contributed by atoms with Gasteiger partial charge in [-0.2, -0.15) is 0 Å². The van der Waals surface area contributed by atoms with Gasteiger partial charge in [0.1, 0.15) is 11.5 Å². The fourth-order valence-corrected chi connectivity index (χ4v) is 3.31. The van der Waals surface area contributed by atoms with E-state index in [0.717, 1.165) is 37.4 Å². The van der Waals surface area contributed by atoms with E-state index < -0.39 is 0 Å². The Bertz CT molecular complexity index is 828. The third kappa shape index (κ3) is 6.21.